The van der Waals surface area contributed by atoms with E-state index in [4.69, 9.17) is 0 Å². The Labute approximate surface area is 160 Å². The molecule has 1 amide bonds. The standard InChI is InChI=1S/C19H21N5O4/c1-22-17-16(18(27)23(2)19(22)28)24(12-21-17)11-10-20-15(26)9-8-14(25)13-6-4-3-5-7-13/h3-7,12H,8-11H2,1-2H3,(H,20,26). The van der Waals surface area contributed by atoms with Crippen molar-refractivity contribution in [2.24, 2.45) is 14.1 Å². The number of aromatic nitrogens is 4. The molecule has 0 spiro atoms. The average molecular weight is 383 g/mol. The van der Waals surface area contributed by atoms with E-state index in [0.717, 1.165) is 4.57 Å². The lowest BCUT2D eigenvalue weighted by molar-refractivity contribution is -0.121. The van der Waals surface area contributed by atoms with Crippen LogP contribution in [0, 0.1) is 0 Å². The minimum atomic E-state index is -0.445. The van der Waals surface area contributed by atoms with E-state index in [1.165, 1.54) is 17.9 Å². The molecule has 146 valence electrons. The van der Waals surface area contributed by atoms with Gasteiger partial charge in [0.15, 0.2) is 16.9 Å². The summed E-state index contributed by atoms with van der Waals surface area (Å²) in [5, 5.41) is 2.74. The lowest BCUT2D eigenvalue weighted by atomic mass is 10.1. The number of rotatable bonds is 7. The smallest absolute Gasteiger partial charge is 0.332 e. The molecule has 0 aliphatic carbocycles. The maximum atomic E-state index is 12.4. The number of hydrogen-bond donors (Lipinski definition) is 1. The normalized spacial score (nSPS) is 10.9. The van der Waals surface area contributed by atoms with E-state index < -0.39 is 11.2 Å². The molecule has 0 unspecified atom stereocenters. The summed E-state index contributed by atoms with van der Waals surface area (Å²) in [5.74, 6) is -0.324. The van der Waals surface area contributed by atoms with Crippen molar-refractivity contribution in [1.29, 1.82) is 0 Å². The zero-order valence-electron chi connectivity index (χ0n) is 15.7. The Morgan fingerprint density at radius 1 is 1.04 bits per heavy atom. The molecule has 9 nitrogen and oxygen atoms in total. The van der Waals surface area contributed by atoms with Crippen LogP contribution in [-0.2, 0) is 25.4 Å². The number of benzene rings is 1. The first kappa shape index (κ1) is 19.3. The fraction of sp³-hybridized carbons (Fsp3) is 0.316. The minimum Gasteiger partial charge on any atom is -0.354 e. The first-order valence-corrected chi connectivity index (χ1v) is 8.86. The minimum absolute atomic E-state index is 0.0826. The fourth-order valence-corrected chi connectivity index (χ4v) is 2.97. The summed E-state index contributed by atoms with van der Waals surface area (Å²) in [6, 6.07) is 8.83. The number of carbonyl (C=O) groups is 2. The van der Waals surface area contributed by atoms with Crippen LogP contribution in [-0.4, -0.2) is 36.9 Å². The van der Waals surface area contributed by atoms with Crippen molar-refractivity contribution in [3.05, 3.63) is 63.1 Å². The predicted molar refractivity (Wildman–Crippen MR) is 103 cm³/mol. The van der Waals surface area contributed by atoms with Gasteiger partial charge < -0.3 is 9.88 Å². The van der Waals surface area contributed by atoms with E-state index in [1.807, 2.05) is 6.07 Å². The molecular formula is C19H21N5O4. The number of nitrogens with zero attached hydrogens (tertiary/aromatic N) is 4. The number of amides is 1. The van der Waals surface area contributed by atoms with Gasteiger partial charge in [0.25, 0.3) is 5.56 Å². The molecule has 2 heterocycles. The number of fused-ring (bicyclic) bond motifs is 1. The summed E-state index contributed by atoms with van der Waals surface area (Å²) < 4.78 is 3.93. The highest BCUT2D eigenvalue weighted by molar-refractivity contribution is 5.97. The summed E-state index contributed by atoms with van der Waals surface area (Å²) >= 11 is 0. The van der Waals surface area contributed by atoms with Gasteiger partial charge in [0, 0.05) is 45.6 Å². The molecule has 0 saturated carbocycles. The highest BCUT2D eigenvalue weighted by atomic mass is 16.2. The van der Waals surface area contributed by atoms with Crippen LogP contribution < -0.4 is 16.6 Å². The molecule has 2 aromatic heterocycles. The van der Waals surface area contributed by atoms with Crippen molar-refractivity contribution in [3.63, 3.8) is 0 Å². The maximum Gasteiger partial charge on any atom is 0.332 e. The third kappa shape index (κ3) is 3.78. The number of carbonyl (C=O) groups excluding carboxylic acids is 2. The molecule has 1 N–H and O–H groups in total. The Morgan fingerprint density at radius 3 is 2.46 bits per heavy atom. The van der Waals surface area contributed by atoms with Crippen molar-refractivity contribution in [3.8, 4) is 0 Å². The quantitative estimate of drug-likeness (QED) is 0.587. The van der Waals surface area contributed by atoms with Gasteiger partial charge in [0.05, 0.1) is 6.33 Å². The molecule has 9 heteroatoms. The molecule has 0 fully saturated rings. The van der Waals surface area contributed by atoms with Crippen LogP contribution in [0.4, 0.5) is 0 Å². The average Bonchev–Trinajstić information content (AvgIpc) is 3.13. The number of aryl methyl sites for hydroxylation is 1. The highest BCUT2D eigenvalue weighted by Gasteiger charge is 2.14. The number of imidazole rings is 1. The van der Waals surface area contributed by atoms with E-state index in [2.05, 4.69) is 10.3 Å². The Balaban J connectivity index is 1.58. The Hall–Kier alpha value is -3.49. The van der Waals surface area contributed by atoms with Crippen LogP contribution in [0.25, 0.3) is 11.2 Å². The Morgan fingerprint density at radius 2 is 1.75 bits per heavy atom. The van der Waals surface area contributed by atoms with Crippen LogP contribution in [0.2, 0.25) is 0 Å². The zero-order valence-corrected chi connectivity index (χ0v) is 15.7. The monoisotopic (exact) mass is 383 g/mol. The molecule has 0 atom stereocenters. The summed E-state index contributed by atoms with van der Waals surface area (Å²) in [7, 11) is 2.96. The van der Waals surface area contributed by atoms with E-state index in [-0.39, 0.29) is 31.1 Å². The molecular weight excluding hydrogens is 362 g/mol. The van der Waals surface area contributed by atoms with Crippen molar-refractivity contribution in [2.75, 3.05) is 6.54 Å². The molecule has 0 aliphatic heterocycles. The lowest BCUT2D eigenvalue weighted by Crippen LogP contribution is -2.38. The zero-order chi connectivity index (χ0) is 20.3. The Kier molecular flexibility index (Phi) is 5.53. The topological polar surface area (TPSA) is 108 Å². The van der Waals surface area contributed by atoms with Gasteiger partial charge in [-0.15, -0.1) is 0 Å². The van der Waals surface area contributed by atoms with Gasteiger partial charge in [-0.25, -0.2) is 9.78 Å². The van der Waals surface area contributed by atoms with Crippen molar-refractivity contribution in [1.82, 2.24) is 24.0 Å². The third-order valence-corrected chi connectivity index (χ3v) is 4.57. The number of ketones is 1. The van der Waals surface area contributed by atoms with Gasteiger partial charge in [-0.2, -0.15) is 0 Å². The largest absolute Gasteiger partial charge is 0.354 e. The molecule has 1 aromatic carbocycles. The van der Waals surface area contributed by atoms with E-state index >= 15 is 0 Å². The molecule has 3 aromatic rings. The fourth-order valence-electron chi connectivity index (χ4n) is 2.97. The molecule has 3 rings (SSSR count). The number of hydrogen-bond acceptors (Lipinski definition) is 5. The van der Waals surface area contributed by atoms with E-state index in [9.17, 15) is 19.2 Å². The van der Waals surface area contributed by atoms with Crippen molar-refractivity contribution in [2.45, 2.75) is 19.4 Å². The van der Waals surface area contributed by atoms with Gasteiger partial charge >= 0.3 is 5.69 Å². The second-order valence-corrected chi connectivity index (χ2v) is 6.46. The first-order valence-electron chi connectivity index (χ1n) is 8.86. The number of Topliss-reactive ketones (excluding diaryl/α,β-unsaturated/α-hetero) is 1. The van der Waals surface area contributed by atoms with Gasteiger partial charge in [0.2, 0.25) is 5.91 Å². The number of nitrogens with one attached hydrogen (secondary N) is 1. The van der Waals surface area contributed by atoms with Gasteiger partial charge in [-0.3, -0.25) is 23.5 Å². The predicted octanol–water partition coefficient (Wildman–Crippen LogP) is 0.213. The Bertz CT molecular complexity index is 1140. The summed E-state index contributed by atoms with van der Waals surface area (Å²) in [6.07, 6.45) is 1.69. The maximum absolute atomic E-state index is 12.4. The first-order chi connectivity index (χ1) is 13.4. The lowest BCUT2D eigenvalue weighted by Gasteiger charge is -2.08. The van der Waals surface area contributed by atoms with E-state index in [0.29, 0.717) is 23.3 Å². The van der Waals surface area contributed by atoms with Crippen molar-refractivity contribution >= 4 is 22.9 Å². The van der Waals surface area contributed by atoms with Gasteiger partial charge in [-0.1, -0.05) is 30.3 Å². The van der Waals surface area contributed by atoms with E-state index in [1.54, 1.807) is 35.9 Å². The van der Waals surface area contributed by atoms with Crippen LogP contribution in [0.1, 0.15) is 23.2 Å². The molecule has 0 radical (unpaired) electrons. The second-order valence-electron chi connectivity index (χ2n) is 6.46. The van der Waals surface area contributed by atoms with Crippen LogP contribution in [0.5, 0.6) is 0 Å². The third-order valence-electron chi connectivity index (χ3n) is 4.57. The molecule has 0 aliphatic rings. The van der Waals surface area contributed by atoms with Crippen LogP contribution in [0.15, 0.2) is 46.2 Å². The SMILES string of the molecule is Cn1c(=O)c2c(ncn2CCNC(=O)CCC(=O)c2ccccc2)n(C)c1=O. The van der Waals surface area contributed by atoms with Gasteiger partial charge in [0.1, 0.15) is 0 Å². The van der Waals surface area contributed by atoms with Crippen molar-refractivity contribution < 1.29 is 9.59 Å². The summed E-state index contributed by atoms with van der Waals surface area (Å²) in [6.45, 7) is 0.595. The summed E-state index contributed by atoms with van der Waals surface area (Å²) in [5.41, 5.74) is 0.308. The molecule has 0 saturated heterocycles. The van der Waals surface area contributed by atoms with Crippen LogP contribution in [0.3, 0.4) is 0 Å². The molecule has 0 bridgehead atoms. The van der Waals surface area contributed by atoms with Crippen LogP contribution >= 0.6 is 0 Å². The highest BCUT2D eigenvalue weighted by Crippen LogP contribution is 2.06. The second kappa shape index (κ2) is 8.03. The summed E-state index contributed by atoms with van der Waals surface area (Å²) in [4.78, 5) is 52.4. The molecule has 28 heavy (non-hydrogen) atoms. The van der Waals surface area contributed by atoms with Gasteiger partial charge in [-0.05, 0) is 0 Å².